The quantitative estimate of drug-likeness (QED) is 0.444. The van der Waals surface area contributed by atoms with Crippen LogP contribution in [-0.2, 0) is 16.1 Å². The molecule has 2 heterocycles. The van der Waals surface area contributed by atoms with Crippen molar-refractivity contribution in [1.82, 2.24) is 9.78 Å². The highest BCUT2D eigenvalue weighted by molar-refractivity contribution is 6.00. The number of benzene rings is 3. The number of nitrogens with zero attached hydrogens (tertiary/aromatic N) is 4. The number of esters is 1. The maximum Gasteiger partial charge on any atom is 0.337 e. The van der Waals surface area contributed by atoms with E-state index in [1.165, 1.54) is 13.2 Å². The van der Waals surface area contributed by atoms with Crippen molar-refractivity contribution in [3.63, 3.8) is 0 Å². The number of ether oxygens (including phenoxy) is 2. The van der Waals surface area contributed by atoms with E-state index in [9.17, 15) is 14.9 Å². The maximum atomic E-state index is 13.4. The number of fused-ring (bicyclic) bond motifs is 2. The van der Waals surface area contributed by atoms with E-state index in [0.717, 1.165) is 10.9 Å². The Hall–Kier alpha value is -4.68. The van der Waals surface area contributed by atoms with Gasteiger partial charge < -0.3 is 20.1 Å². The van der Waals surface area contributed by atoms with Crippen molar-refractivity contribution in [2.24, 2.45) is 5.73 Å². The molecule has 9 nitrogen and oxygen atoms in total. The molecule has 0 fully saturated rings. The van der Waals surface area contributed by atoms with Gasteiger partial charge in [-0.15, -0.1) is 0 Å². The summed E-state index contributed by atoms with van der Waals surface area (Å²) in [5, 5.41) is 15.4. The Kier molecular flexibility index (Phi) is 5.88. The highest BCUT2D eigenvalue weighted by Gasteiger charge is 2.34. The molecule has 1 amide bonds. The number of carbonyl (C=O) groups is 2. The summed E-state index contributed by atoms with van der Waals surface area (Å²) in [6, 6.07) is 20.9. The summed E-state index contributed by atoms with van der Waals surface area (Å²) < 4.78 is 12.4. The number of methoxy groups -OCH3 is 1. The summed E-state index contributed by atoms with van der Waals surface area (Å²) in [6.07, 6.45) is -0.496. The molecule has 4 aromatic rings. The zero-order valence-electron chi connectivity index (χ0n) is 19.7. The van der Waals surface area contributed by atoms with Crippen molar-refractivity contribution in [2.75, 3.05) is 12.0 Å². The molecule has 0 saturated carbocycles. The van der Waals surface area contributed by atoms with E-state index in [0.29, 0.717) is 22.8 Å². The molecule has 0 unspecified atom stereocenters. The van der Waals surface area contributed by atoms with E-state index >= 15 is 0 Å². The monoisotopic (exact) mass is 481 g/mol. The number of hydrogen-bond acceptors (Lipinski definition) is 7. The normalized spacial score (nSPS) is 17.2. The molecule has 0 spiro atoms. The molecule has 2 atom stereocenters. The van der Waals surface area contributed by atoms with Gasteiger partial charge in [-0.3, -0.25) is 4.79 Å². The largest absolute Gasteiger partial charge is 0.486 e. The summed E-state index contributed by atoms with van der Waals surface area (Å²) in [5.74, 6) is -0.235. The highest BCUT2D eigenvalue weighted by atomic mass is 16.5. The Morgan fingerprint density at radius 1 is 1.14 bits per heavy atom. The molecule has 0 aliphatic carbocycles. The molecule has 0 bridgehead atoms. The van der Waals surface area contributed by atoms with Crippen LogP contribution >= 0.6 is 0 Å². The second-order valence-electron chi connectivity index (χ2n) is 8.45. The first-order valence-electron chi connectivity index (χ1n) is 11.3. The molecule has 36 heavy (non-hydrogen) atoms. The van der Waals surface area contributed by atoms with Crippen molar-refractivity contribution >= 4 is 28.5 Å². The van der Waals surface area contributed by atoms with Gasteiger partial charge in [0.25, 0.3) is 0 Å². The summed E-state index contributed by atoms with van der Waals surface area (Å²) in [7, 11) is 1.29. The van der Waals surface area contributed by atoms with Gasteiger partial charge >= 0.3 is 5.97 Å². The molecule has 1 aliphatic heterocycles. The molecular weight excluding hydrogens is 458 g/mol. The van der Waals surface area contributed by atoms with Gasteiger partial charge in [0.2, 0.25) is 5.91 Å². The Balaban J connectivity index is 1.63. The molecule has 3 aromatic carbocycles. The van der Waals surface area contributed by atoms with Gasteiger partial charge in [-0.05, 0) is 43.3 Å². The van der Waals surface area contributed by atoms with Crippen molar-refractivity contribution in [1.29, 1.82) is 5.26 Å². The minimum atomic E-state index is -0.846. The minimum absolute atomic E-state index is 0.148. The fourth-order valence-electron chi connectivity index (χ4n) is 4.35. The molecule has 2 N–H and O–H groups in total. The van der Waals surface area contributed by atoms with Crippen molar-refractivity contribution in [2.45, 2.75) is 25.6 Å². The minimum Gasteiger partial charge on any atom is -0.486 e. The van der Waals surface area contributed by atoms with Gasteiger partial charge in [0, 0.05) is 5.39 Å². The Bertz CT molecular complexity index is 1540. The summed E-state index contributed by atoms with van der Waals surface area (Å²) in [4.78, 5) is 26.9. The molecule has 1 aromatic heterocycles. The number of rotatable bonds is 4. The lowest BCUT2D eigenvalue weighted by atomic mass is 10.1. The van der Waals surface area contributed by atoms with Gasteiger partial charge in [-0.2, -0.15) is 10.4 Å². The van der Waals surface area contributed by atoms with Crippen LogP contribution < -0.4 is 15.4 Å². The van der Waals surface area contributed by atoms with Crippen LogP contribution in [0.2, 0.25) is 0 Å². The Morgan fingerprint density at radius 2 is 1.89 bits per heavy atom. The number of para-hydroxylation sites is 3. The van der Waals surface area contributed by atoms with Crippen LogP contribution in [0.15, 0.2) is 66.7 Å². The molecule has 0 saturated heterocycles. The second-order valence-corrected chi connectivity index (χ2v) is 8.45. The lowest BCUT2D eigenvalue weighted by Crippen LogP contribution is -2.49. The third kappa shape index (κ3) is 3.83. The number of nitriles is 1. The lowest BCUT2D eigenvalue weighted by Gasteiger charge is -2.23. The van der Waals surface area contributed by atoms with E-state index in [-0.39, 0.29) is 23.6 Å². The first-order chi connectivity index (χ1) is 17.4. The van der Waals surface area contributed by atoms with Crippen LogP contribution in [0.5, 0.6) is 5.75 Å². The number of nitrogens with two attached hydrogens (primary N) is 1. The Labute approximate surface area is 207 Å². The van der Waals surface area contributed by atoms with E-state index in [2.05, 4.69) is 6.07 Å². The second kappa shape index (κ2) is 9.17. The van der Waals surface area contributed by atoms with Gasteiger partial charge in [0.1, 0.15) is 24.0 Å². The number of carbonyl (C=O) groups excluding carboxylic acids is 2. The molecule has 9 heteroatoms. The van der Waals surface area contributed by atoms with Crippen LogP contribution in [0.4, 0.5) is 5.69 Å². The zero-order valence-corrected chi connectivity index (χ0v) is 19.7. The third-order valence-corrected chi connectivity index (χ3v) is 6.26. The summed E-state index contributed by atoms with van der Waals surface area (Å²) in [6.45, 7) is 1.92. The van der Waals surface area contributed by atoms with Crippen LogP contribution in [0.1, 0.15) is 28.5 Å². The fourth-order valence-corrected chi connectivity index (χ4v) is 4.35. The SMILES string of the molecule is COC(=O)c1ccc(-n2nc(CN3C(=O)[C@@H](N)[C@H](C)Oc4ccccc43)c3ccccc32)c(C#N)c1. The first kappa shape index (κ1) is 23.1. The average molecular weight is 482 g/mol. The predicted octanol–water partition coefficient (Wildman–Crippen LogP) is 3.33. The van der Waals surface area contributed by atoms with Gasteiger partial charge in [0.05, 0.1) is 47.4 Å². The number of anilines is 1. The van der Waals surface area contributed by atoms with E-state index in [4.69, 9.17) is 20.3 Å². The smallest absolute Gasteiger partial charge is 0.337 e. The summed E-state index contributed by atoms with van der Waals surface area (Å²) in [5.41, 5.74) is 9.24. The predicted molar refractivity (Wildman–Crippen MR) is 133 cm³/mol. The van der Waals surface area contributed by atoms with Crippen molar-refractivity contribution in [3.8, 4) is 17.5 Å². The van der Waals surface area contributed by atoms with Crippen LogP contribution in [0.3, 0.4) is 0 Å². The zero-order chi connectivity index (χ0) is 25.4. The highest BCUT2D eigenvalue weighted by Crippen LogP contribution is 2.35. The maximum absolute atomic E-state index is 13.4. The van der Waals surface area contributed by atoms with Gasteiger partial charge in [0.15, 0.2) is 0 Å². The van der Waals surface area contributed by atoms with Crippen LogP contribution in [0.25, 0.3) is 16.6 Å². The standard InChI is InChI=1S/C27H23N5O4/c1-16-25(29)26(33)31(23-9-5-6-10-24(23)36-16)15-20-19-7-3-4-8-22(19)32(30-20)21-12-11-17(27(34)35-2)13-18(21)14-28/h3-13,16,25H,15,29H2,1-2H3/t16-,25-/m0/s1. The molecule has 1 aliphatic rings. The van der Waals surface area contributed by atoms with E-state index in [1.54, 1.807) is 28.6 Å². The van der Waals surface area contributed by atoms with Gasteiger partial charge in [-0.1, -0.05) is 30.3 Å². The number of hydrogen-bond donors (Lipinski definition) is 1. The lowest BCUT2D eigenvalue weighted by molar-refractivity contribution is -0.121. The van der Waals surface area contributed by atoms with Crippen LogP contribution in [-0.4, -0.2) is 40.9 Å². The average Bonchev–Trinajstić information content (AvgIpc) is 3.24. The third-order valence-electron chi connectivity index (χ3n) is 6.26. The molecule has 5 rings (SSSR count). The molecule has 180 valence electrons. The van der Waals surface area contributed by atoms with Crippen molar-refractivity contribution < 1.29 is 19.1 Å². The van der Waals surface area contributed by atoms with E-state index < -0.39 is 18.1 Å². The van der Waals surface area contributed by atoms with Gasteiger partial charge in [-0.25, -0.2) is 9.48 Å². The molecule has 0 radical (unpaired) electrons. The fraction of sp³-hybridized carbons (Fsp3) is 0.185. The summed E-state index contributed by atoms with van der Waals surface area (Å²) >= 11 is 0. The van der Waals surface area contributed by atoms with E-state index in [1.807, 2.05) is 48.5 Å². The number of aromatic nitrogens is 2. The first-order valence-corrected chi connectivity index (χ1v) is 11.3. The topological polar surface area (TPSA) is 123 Å². The molecular formula is C27H23N5O4. The van der Waals surface area contributed by atoms with Crippen molar-refractivity contribution in [3.05, 3.63) is 83.6 Å². The number of amides is 1. The Morgan fingerprint density at radius 3 is 2.67 bits per heavy atom. The van der Waals surface area contributed by atoms with Crippen LogP contribution in [0, 0.1) is 11.3 Å².